The molecule has 4 aromatic rings. The number of aryl methyl sites for hydroxylation is 1. The van der Waals surface area contributed by atoms with Crippen molar-refractivity contribution < 1.29 is 9.59 Å². The predicted octanol–water partition coefficient (Wildman–Crippen LogP) is 5.64. The molecule has 6 nitrogen and oxygen atoms in total. The summed E-state index contributed by atoms with van der Waals surface area (Å²) in [4.78, 5) is 33.6. The van der Waals surface area contributed by atoms with Crippen molar-refractivity contribution in [1.29, 1.82) is 0 Å². The minimum atomic E-state index is -0.151. The van der Waals surface area contributed by atoms with Gasteiger partial charge in [0.1, 0.15) is 12.4 Å². The zero-order valence-corrected chi connectivity index (χ0v) is 21.4. The van der Waals surface area contributed by atoms with Crippen molar-refractivity contribution in [3.8, 4) is 0 Å². The number of imidazole rings is 1. The number of fused-ring (bicyclic) bond motifs is 1. The highest BCUT2D eigenvalue weighted by molar-refractivity contribution is 5.94. The summed E-state index contributed by atoms with van der Waals surface area (Å²) in [6.07, 6.45) is 5.65. The van der Waals surface area contributed by atoms with Gasteiger partial charge in [-0.25, -0.2) is 4.98 Å². The Morgan fingerprint density at radius 3 is 2.49 bits per heavy atom. The van der Waals surface area contributed by atoms with Gasteiger partial charge in [-0.3, -0.25) is 9.59 Å². The van der Waals surface area contributed by atoms with Crippen LogP contribution in [0.15, 0.2) is 78.9 Å². The normalized spacial score (nSPS) is 14.0. The van der Waals surface area contributed by atoms with Crippen LogP contribution >= 0.6 is 0 Å². The molecular weight excluding hydrogens is 460 g/mol. The predicted molar refractivity (Wildman–Crippen MR) is 146 cm³/mol. The van der Waals surface area contributed by atoms with Crippen molar-refractivity contribution in [2.24, 2.45) is 0 Å². The molecule has 0 bridgehead atoms. The summed E-state index contributed by atoms with van der Waals surface area (Å²) in [5, 5.41) is 3.00. The Balaban J connectivity index is 1.39. The van der Waals surface area contributed by atoms with E-state index in [9.17, 15) is 9.59 Å². The molecule has 5 rings (SSSR count). The van der Waals surface area contributed by atoms with E-state index in [1.165, 1.54) is 6.42 Å². The first-order chi connectivity index (χ1) is 18.1. The number of hydrogen-bond donors (Lipinski definition) is 1. The Bertz CT molecular complexity index is 1370. The van der Waals surface area contributed by atoms with E-state index >= 15 is 0 Å². The fourth-order valence-electron chi connectivity index (χ4n) is 5.30. The summed E-state index contributed by atoms with van der Waals surface area (Å²) in [5.74, 6) is 0.616. The van der Waals surface area contributed by atoms with Crippen LogP contribution in [-0.4, -0.2) is 32.3 Å². The van der Waals surface area contributed by atoms with Gasteiger partial charge in [-0.2, -0.15) is 0 Å². The molecule has 0 unspecified atom stereocenters. The fourth-order valence-corrected chi connectivity index (χ4v) is 5.30. The number of para-hydroxylation sites is 2. The molecule has 1 heterocycles. The number of nitrogens with one attached hydrogen (secondary N) is 1. The van der Waals surface area contributed by atoms with Gasteiger partial charge < -0.3 is 14.8 Å². The minimum absolute atomic E-state index is 0.0881. The lowest BCUT2D eigenvalue weighted by molar-refractivity contribution is -0.135. The topological polar surface area (TPSA) is 67.2 Å². The maximum atomic E-state index is 13.9. The Morgan fingerprint density at radius 1 is 0.946 bits per heavy atom. The molecule has 0 radical (unpaired) electrons. The summed E-state index contributed by atoms with van der Waals surface area (Å²) in [7, 11) is 0. The second-order valence-electron chi connectivity index (χ2n) is 9.95. The van der Waals surface area contributed by atoms with Crippen LogP contribution < -0.4 is 5.32 Å². The Morgan fingerprint density at radius 2 is 1.70 bits per heavy atom. The van der Waals surface area contributed by atoms with Crippen LogP contribution in [-0.2, 0) is 24.4 Å². The molecule has 1 N–H and O–H groups in total. The van der Waals surface area contributed by atoms with Gasteiger partial charge in [0.15, 0.2) is 0 Å². The van der Waals surface area contributed by atoms with Gasteiger partial charge in [0.05, 0.1) is 17.6 Å². The Kier molecular flexibility index (Phi) is 7.64. The lowest BCUT2D eigenvalue weighted by atomic mass is 9.93. The third kappa shape index (κ3) is 5.91. The summed E-state index contributed by atoms with van der Waals surface area (Å²) < 4.78 is 1.97. The van der Waals surface area contributed by atoms with Gasteiger partial charge in [-0.15, -0.1) is 0 Å². The monoisotopic (exact) mass is 494 g/mol. The van der Waals surface area contributed by atoms with E-state index in [-0.39, 0.29) is 30.9 Å². The molecule has 3 aromatic carbocycles. The van der Waals surface area contributed by atoms with Gasteiger partial charge >= 0.3 is 0 Å². The molecule has 1 fully saturated rings. The number of nitrogens with zero attached hydrogens (tertiary/aromatic N) is 3. The zero-order chi connectivity index (χ0) is 25.6. The van der Waals surface area contributed by atoms with Crippen LogP contribution in [0.4, 0.5) is 0 Å². The van der Waals surface area contributed by atoms with E-state index in [4.69, 9.17) is 4.98 Å². The molecule has 0 aliphatic heterocycles. The largest absolute Gasteiger partial charge is 0.345 e. The van der Waals surface area contributed by atoms with Gasteiger partial charge in [-0.05, 0) is 49.6 Å². The van der Waals surface area contributed by atoms with Crippen molar-refractivity contribution in [1.82, 2.24) is 19.8 Å². The number of hydrogen-bond acceptors (Lipinski definition) is 3. The first kappa shape index (κ1) is 24.8. The summed E-state index contributed by atoms with van der Waals surface area (Å²) >= 11 is 0. The molecule has 0 atom stereocenters. The maximum absolute atomic E-state index is 13.9. The molecule has 190 valence electrons. The van der Waals surface area contributed by atoms with Crippen LogP contribution in [0.25, 0.3) is 11.0 Å². The molecule has 0 spiro atoms. The van der Waals surface area contributed by atoms with Crippen molar-refractivity contribution in [3.05, 3.63) is 101 Å². The maximum Gasteiger partial charge on any atom is 0.251 e. The number of amides is 2. The van der Waals surface area contributed by atoms with Crippen LogP contribution in [0.2, 0.25) is 0 Å². The van der Waals surface area contributed by atoms with Crippen LogP contribution in [0.5, 0.6) is 0 Å². The SMILES string of the molecule is Cc1cccc(C(=O)NCc2nc3ccccc3n2CC(=O)N(Cc2ccccc2)C2CCCCC2)c1. The average molecular weight is 495 g/mol. The third-order valence-corrected chi connectivity index (χ3v) is 7.25. The van der Waals surface area contributed by atoms with Gasteiger partial charge in [0.25, 0.3) is 5.91 Å². The summed E-state index contributed by atoms with van der Waals surface area (Å²) in [5.41, 5.74) is 4.51. The van der Waals surface area contributed by atoms with E-state index in [0.29, 0.717) is 17.9 Å². The molecule has 37 heavy (non-hydrogen) atoms. The second kappa shape index (κ2) is 11.4. The highest BCUT2D eigenvalue weighted by Crippen LogP contribution is 2.25. The number of carbonyl (C=O) groups excluding carboxylic acids is 2. The van der Waals surface area contributed by atoms with Crippen LogP contribution in [0, 0.1) is 6.92 Å². The second-order valence-corrected chi connectivity index (χ2v) is 9.95. The first-order valence-electron chi connectivity index (χ1n) is 13.2. The summed E-state index contributed by atoms with van der Waals surface area (Å²) in [6.45, 7) is 3.02. The molecule has 6 heteroatoms. The molecule has 1 saturated carbocycles. The lowest BCUT2D eigenvalue weighted by Crippen LogP contribution is -2.42. The molecule has 0 saturated heterocycles. The molecule has 1 aliphatic carbocycles. The summed E-state index contributed by atoms with van der Waals surface area (Å²) in [6, 6.07) is 25.8. The standard InChI is InChI=1S/C31H34N4O2/c1-23-11-10-14-25(19-23)31(37)32-20-29-33-27-17-8-9-18-28(27)35(29)22-30(36)34(26-15-6-3-7-16-26)21-24-12-4-2-5-13-24/h2,4-5,8-14,17-19,26H,3,6-7,15-16,20-22H2,1H3,(H,32,37). The molecular formula is C31H34N4O2. The number of aromatic nitrogens is 2. The fraction of sp³-hybridized carbons (Fsp3) is 0.323. The number of carbonyl (C=O) groups is 2. The van der Waals surface area contributed by atoms with E-state index < -0.39 is 0 Å². The Labute approximate surface area is 218 Å². The lowest BCUT2D eigenvalue weighted by Gasteiger charge is -2.35. The van der Waals surface area contributed by atoms with Gasteiger partial charge in [0, 0.05) is 18.2 Å². The van der Waals surface area contributed by atoms with E-state index in [0.717, 1.165) is 47.8 Å². The number of benzene rings is 3. The molecule has 2 amide bonds. The highest BCUT2D eigenvalue weighted by atomic mass is 16.2. The Hall–Kier alpha value is -3.93. The smallest absolute Gasteiger partial charge is 0.251 e. The highest BCUT2D eigenvalue weighted by Gasteiger charge is 2.27. The quantitative estimate of drug-likeness (QED) is 0.345. The molecule has 1 aromatic heterocycles. The first-order valence-corrected chi connectivity index (χ1v) is 13.2. The van der Waals surface area contributed by atoms with Crippen molar-refractivity contribution in [3.63, 3.8) is 0 Å². The van der Waals surface area contributed by atoms with Crippen molar-refractivity contribution in [2.45, 2.75) is 64.7 Å². The van der Waals surface area contributed by atoms with Crippen molar-refractivity contribution in [2.75, 3.05) is 0 Å². The van der Waals surface area contributed by atoms with Crippen LogP contribution in [0.1, 0.15) is 59.4 Å². The van der Waals surface area contributed by atoms with Crippen molar-refractivity contribution >= 4 is 22.8 Å². The zero-order valence-electron chi connectivity index (χ0n) is 21.4. The minimum Gasteiger partial charge on any atom is -0.345 e. The van der Waals surface area contributed by atoms with E-state index in [1.807, 2.05) is 72.2 Å². The molecule has 1 aliphatic rings. The van der Waals surface area contributed by atoms with E-state index in [1.54, 1.807) is 6.07 Å². The van der Waals surface area contributed by atoms with Crippen LogP contribution in [0.3, 0.4) is 0 Å². The number of rotatable bonds is 8. The average Bonchev–Trinajstić information content (AvgIpc) is 3.28. The van der Waals surface area contributed by atoms with E-state index in [2.05, 4.69) is 22.3 Å². The van der Waals surface area contributed by atoms with Gasteiger partial charge in [0.2, 0.25) is 5.91 Å². The van der Waals surface area contributed by atoms with Gasteiger partial charge in [-0.1, -0.05) is 79.4 Å². The third-order valence-electron chi connectivity index (χ3n) is 7.25.